The molecule has 5 nitrogen and oxygen atoms in total. The first-order chi connectivity index (χ1) is 9.11. The number of anilines is 1. The molecule has 0 aromatic heterocycles. The number of benzene rings is 1. The highest BCUT2D eigenvalue weighted by Crippen LogP contribution is 2.32. The van der Waals surface area contributed by atoms with Gasteiger partial charge in [-0.05, 0) is 37.2 Å². The molecular weight excluding hydrogens is 244 g/mol. The van der Waals surface area contributed by atoms with Crippen LogP contribution in [0.1, 0.15) is 24.8 Å². The molecule has 1 aromatic carbocycles. The Labute approximate surface area is 112 Å². The van der Waals surface area contributed by atoms with Crippen molar-refractivity contribution in [2.24, 2.45) is 11.8 Å². The maximum atomic E-state index is 10.8. The van der Waals surface area contributed by atoms with Crippen molar-refractivity contribution in [2.45, 2.75) is 26.2 Å². The van der Waals surface area contributed by atoms with E-state index in [1.807, 2.05) is 6.92 Å². The molecule has 1 fully saturated rings. The van der Waals surface area contributed by atoms with E-state index in [1.165, 1.54) is 6.07 Å². The van der Waals surface area contributed by atoms with E-state index in [0.717, 1.165) is 37.1 Å². The van der Waals surface area contributed by atoms with Gasteiger partial charge in [-0.15, -0.1) is 0 Å². The van der Waals surface area contributed by atoms with Gasteiger partial charge in [0.05, 0.1) is 4.92 Å². The van der Waals surface area contributed by atoms with Crippen LogP contribution in [0, 0.1) is 28.9 Å². The van der Waals surface area contributed by atoms with Crippen LogP contribution >= 0.6 is 0 Å². The molecule has 1 aromatic rings. The van der Waals surface area contributed by atoms with Gasteiger partial charge >= 0.3 is 0 Å². The molecule has 2 N–H and O–H groups in total. The largest absolute Gasteiger partial charge is 0.396 e. The molecule has 104 valence electrons. The number of aliphatic hydroxyl groups is 1. The lowest BCUT2D eigenvalue weighted by Crippen LogP contribution is -2.21. The maximum absolute atomic E-state index is 10.8. The van der Waals surface area contributed by atoms with E-state index in [-0.39, 0.29) is 17.2 Å². The quantitative estimate of drug-likeness (QED) is 0.633. The van der Waals surface area contributed by atoms with Crippen molar-refractivity contribution in [3.8, 4) is 0 Å². The van der Waals surface area contributed by atoms with Crippen molar-refractivity contribution in [1.29, 1.82) is 0 Å². The van der Waals surface area contributed by atoms with Crippen LogP contribution in [-0.4, -0.2) is 23.2 Å². The van der Waals surface area contributed by atoms with Gasteiger partial charge in [0.15, 0.2) is 0 Å². The van der Waals surface area contributed by atoms with Gasteiger partial charge in [-0.2, -0.15) is 0 Å². The molecule has 0 aliphatic heterocycles. The molecule has 0 heterocycles. The Morgan fingerprint density at radius 2 is 2.16 bits per heavy atom. The molecule has 0 radical (unpaired) electrons. The first-order valence-corrected chi connectivity index (χ1v) is 6.71. The van der Waals surface area contributed by atoms with E-state index in [1.54, 1.807) is 12.1 Å². The summed E-state index contributed by atoms with van der Waals surface area (Å²) in [6.45, 7) is 2.94. The maximum Gasteiger partial charge on any atom is 0.271 e. The first kappa shape index (κ1) is 13.8. The Kier molecular flexibility index (Phi) is 4.37. The fourth-order valence-corrected chi connectivity index (χ4v) is 2.78. The highest BCUT2D eigenvalue weighted by atomic mass is 16.6. The minimum atomic E-state index is -0.378. The van der Waals surface area contributed by atoms with E-state index in [2.05, 4.69) is 5.32 Å². The number of hydrogen-bond donors (Lipinski definition) is 2. The standard InChI is InChI=1S/C14H20N2O3/c1-10-5-6-13(16(18)19)7-14(10)15-8-11-3-2-4-12(11)9-17/h5-7,11-12,15,17H,2-4,8-9H2,1H3. The van der Waals surface area contributed by atoms with E-state index >= 15 is 0 Å². The number of hydrogen-bond acceptors (Lipinski definition) is 4. The van der Waals surface area contributed by atoms with Gasteiger partial charge in [0.2, 0.25) is 0 Å². The van der Waals surface area contributed by atoms with Gasteiger partial charge in [-0.1, -0.05) is 12.5 Å². The summed E-state index contributed by atoms with van der Waals surface area (Å²) in [5, 5.41) is 23.4. The van der Waals surface area contributed by atoms with E-state index in [9.17, 15) is 15.2 Å². The topological polar surface area (TPSA) is 75.4 Å². The minimum Gasteiger partial charge on any atom is -0.396 e. The van der Waals surface area contributed by atoms with E-state index in [0.29, 0.717) is 11.8 Å². The molecule has 1 aliphatic carbocycles. The van der Waals surface area contributed by atoms with Crippen LogP contribution < -0.4 is 5.32 Å². The van der Waals surface area contributed by atoms with Crippen LogP contribution in [0.4, 0.5) is 11.4 Å². The summed E-state index contributed by atoms with van der Waals surface area (Å²) in [6.07, 6.45) is 3.36. The molecule has 0 spiro atoms. The lowest BCUT2D eigenvalue weighted by molar-refractivity contribution is -0.384. The molecule has 2 unspecified atom stereocenters. The molecule has 0 bridgehead atoms. The first-order valence-electron chi connectivity index (χ1n) is 6.71. The van der Waals surface area contributed by atoms with Gasteiger partial charge in [0.1, 0.15) is 0 Å². The Morgan fingerprint density at radius 1 is 1.42 bits per heavy atom. The number of nitro benzene ring substituents is 1. The highest BCUT2D eigenvalue weighted by Gasteiger charge is 2.26. The summed E-state index contributed by atoms with van der Waals surface area (Å²) in [6, 6.07) is 4.86. The van der Waals surface area contributed by atoms with Gasteiger partial charge in [-0.3, -0.25) is 10.1 Å². The number of aryl methyl sites for hydroxylation is 1. The summed E-state index contributed by atoms with van der Waals surface area (Å²) in [5.74, 6) is 0.829. The van der Waals surface area contributed by atoms with Crippen LogP contribution in [-0.2, 0) is 0 Å². The monoisotopic (exact) mass is 264 g/mol. The van der Waals surface area contributed by atoms with Crippen molar-refractivity contribution < 1.29 is 10.0 Å². The van der Waals surface area contributed by atoms with Crippen molar-refractivity contribution >= 4 is 11.4 Å². The number of nitrogens with one attached hydrogen (secondary N) is 1. The smallest absolute Gasteiger partial charge is 0.271 e. The van der Waals surface area contributed by atoms with Gasteiger partial charge < -0.3 is 10.4 Å². The second-order valence-electron chi connectivity index (χ2n) is 5.27. The Morgan fingerprint density at radius 3 is 2.84 bits per heavy atom. The number of nitro groups is 1. The molecule has 1 saturated carbocycles. The zero-order valence-corrected chi connectivity index (χ0v) is 11.1. The average molecular weight is 264 g/mol. The number of nitrogens with zero attached hydrogens (tertiary/aromatic N) is 1. The molecular formula is C14H20N2O3. The Bertz CT molecular complexity index is 462. The number of non-ortho nitro benzene ring substituents is 1. The van der Waals surface area contributed by atoms with Crippen molar-refractivity contribution in [2.75, 3.05) is 18.5 Å². The third-order valence-electron chi connectivity index (χ3n) is 4.04. The normalized spacial score (nSPS) is 22.4. The molecule has 0 amide bonds. The predicted octanol–water partition coefficient (Wildman–Crippen LogP) is 2.72. The molecule has 2 rings (SSSR count). The van der Waals surface area contributed by atoms with Crippen molar-refractivity contribution in [1.82, 2.24) is 0 Å². The second-order valence-corrected chi connectivity index (χ2v) is 5.27. The van der Waals surface area contributed by atoms with Gasteiger partial charge in [0, 0.05) is 31.0 Å². The third kappa shape index (κ3) is 3.23. The SMILES string of the molecule is Cc1ccc([N+](=O)[O-])cc1NCC1CCCC1CO. The highest BCUT2D eigenvalue weighted by molar-refractivity contribution is 5.56. The Balaban J connectivity index is 2.02. The minimum absolute atomic E-state index is 0.109. The number of rotatable bonds is 5. The lowest BCUT2D eigenvalue weighted by atomic mass is 9.97. The molecule has 19 heavy (non-hydrogen) atoms. The molecule has 2 atom stereocenters. The summed E-state index contributed by atoms with van der Waals surface area (Å²) in [5.41, 5.74) is 1.93. The fourth-order valence-electron chi connectivity index (χ4n) is 2.78. The second kappa shape index (κ2) is 6.02. The van der Waals surface area contributed by atoms with Crippen LogP contribution in [0.15, 0.2) is 18.2 Å². The van der Waals surface area contributed by atoms with Crippen molar-refractivity contribution in [3.05, 3.63) is 33.9 Å². The Hall–Kier alpha value is -1.62. The van der Waals surface area contributed by atoms with E-state index in [4.69, 9.17) is 0 Å². The summed E-state index contributed by atoms with van der Waals surface area (Å²) < 4.78 is 0. The zero-order chi connectivity index (χ0) is 13.8. The summed E-state index contributed by atoms with van der Waals surface area (Å²) >= 11 is 0. The zero-order valence-electron chi connectivity index (χ0n) is 11.1. The fraction of sp³-hybridized carbons (Fsp3) is 0.571. The van der Waals surface area contributed by atoms with Crippen molar-refractivity contribution in [3.63, 3.8) is 0 Å². The van der Waals surface area contributed by atoms with Crippen LogP contribution in [0.5, 0.6) is 0 Å². The molecule has 1 aliphatic rings. The average Bonchev–Trinajstić information content (AvgIpc) is 2.85. The number of aliphatic hydroxyl groups excluding tert-OH is 1. The van der Waals surface area contributed by atoms with Crippen LogP contribution in [0.2, 0.25) is 0 Å². The molecule has 0 saturated heterocycles. The van der Waals surface area contributed by atoms with E-state index < -0.39 is 0 Å². The summed E-state index contributed by atoms with van der Waals surface area (Å²) in [4.78, 5) is 10.4. The van der Waals surface area contributed by atoms with Crippen LogP contribution in [0.25, 0.3) is 0 Å². The van der Waals surface area contributed by atoms with Crippen LogP contribution in [0.3, 0.4) is 0 Å². The lowest BCUT2D eigenvalue weighted by Gasteiger charge is -2.19. The molecule has 5 heteroatoms. The summed E-state index contributed by atoms with van der Waals surface area (Å²) in [7, 11) is 0. The van der Waals surface area contributed by atoms with Gasteiger partial charge in [0.25, 0.3) is 5.69 Å². The predicted molar refractivity (Wildman–Crippen MR) is 74.2 cm³/mol. The van der Waals surface area contributed by atoms with Gasteiger partial charge in [-0.25, -0.2) is 0 Å². The third-order valence-corrected chi connectivity index (χ3v) is 4.04.